The highest BCUT2D eigenvalue weighted by atomic mass is 19.1. The summed E-state index contributed by atoms with van der Waals surface area (Å²) in [6, 6.07) is 5.85. The zero-order chi connectivity index (χ0) is 13.8. The van der Waals surface area contributed by atoms with Crippen molar-refractivity contribution >= 4 is 11.6 Å². The minimum Gasteiger partial charge on any atom is -0.467 e. The number of benzene rings is 1. The minimum absolute atomic E-state index is 0.194. The average molecular weight is 261 g/mol. The highest BCUT2D eigenvalue weighted by Gasteiger charge is 2.12. The highest BCUT2D eigenvalue weighted by molar-refractivity contribution is 6.04. The molecule has 0 atom stereocenters. The number of nitrogens with zero attached hydrogens (tertiary/aromatic N) is 2. The van der Waals surface area contributed by atoms with Gasteiger partial charge in [0.15, 0.2) is 0 Å². The lowest BCUT2D eigenvalue weighted by Crippen LogP contribution is -2.15. The van der Waals surface area contributed by atoms with E-state index in [1.54, 1.807) is 13.0 Å². The van der Waals surface area contributed by atoms with Crippen molar-refractivity contribution in [1.82, 2.24) is 9.97 Å². The number of carbonyl (C=O) groups is 1. The molecule has 1 amide bonds. The number of amides is 1. The largest absolute Gasteiger partial charge is 0.467 e. The molecule has 19 heavy (non-hydrogen) atoms. The summed E-state index contributed by atoms with van der Waals surface area (Å²) >= 11 is 0. The van der Waals surface area contributed by atoms with Crippen molar-refractivity contribution in [2.75, 3.05) is 12.4 Å². The van der Waals surface area contributed by atoms with Gasteiger partial charge in [0.1, 0.15) is 5.82 Å². The first-order valence-corrected chi connectivity index (χ1v) is 5.54. The first kappa shape index (κ1) is 12.9. The summed E-state index contributed by atoms with van der Waals surface area (Å²) in [6.07, 6.45) is 1.37. The molecule has 98 valence electrons. The molecule has 2 rings (SSSR count). The molecule has 0 unspecified atom stereocenters. The zero-order valence-corrected chi connectivity index (χ0v) is 10.5. The van der Waals surface area contributed by atoms with Crippen LogP contribution in [0.25, 0.3) is 0 Å². The number of nitrogens with one attached hydrogen (secondary N) is 1. The van der Waals surface area contributed by atoms with Crippen LogP contribution in [0.2, 0.25) is 0 Å². The predicted molar refractivity (Wildman–Crippen MR) is 67.7 cm³/mol. The first-order chi connectivity index (χ1) is 9.10. The molecule has 0 aliphatic heterocycles. The summed E-state index contributed by atoms with van der Waals surface area (Å²) in [6.45, 7) is 1.67. The van der Waals surface area contributed by atoms with Gasteiger partial charge in [-0.05, 0) is 25.1 Å². The van der Waals surface area contributed by atoms with Gasteiger partial charge in [0.2, 0.25) is 0 Å². The molecular formula is C13H12FN3O2. The Labute approximate surface area is 109 Å². The van der Waals surface area contributed by atoms with Gasteiger partial charge in [0.05, 0.1) is 18.4 Å². The van der Waals surface area contributed by atoms with Gasteiger partial charge < -0.3 is 10.1 Å². The van der Waals surface area contributed by atoms with E-state index < -0.39 is 11.7 Å². The summed E-state index contributed by atoms with van der Waals surface area (Å²) in [5.41, 5.74) is 1.17. The Kier molecular flexibility index (Phi) is 3.70. The average Bonchev–Trinajstić information content (AvgIpc) is 2.38. The molecule has 0 radical (unpaired) electrons. The summed E-state index contributed by atoms with van der Waals surface area (Å²) in [5.74, 6) is -0.814. The smallest absolute Gasteiger partial charge is 0.316 e. The molecular weight excluding hydrogens is 249 g/mol. The molecule has 1 heterocycles. The summed E-state index contributed by atoms with van der Waals surface area (Å²) in [4.78, 5) is 19.9. The number of hydrogen-bond acceptors (Lipinski definition) is 4. The first-order valence-electron chi connectivity index (χ1n) is 5.54. The number of methoxy groups -OCH3 is 1. The number of ether oxygens (including phenoxy) is 1. The van der Waals surface area contributed by atoms with Crippen LogP contribution in [0.15, 0.2) is 30.5 Å². The van der Waals surface area contributed by atoms with E-state index in [-0.39, 0.29) is 6.01 Å². The van der Waals surface area contributed by atoms with Crippen LogP contribution in [0.1, 0.15) is 16.1 Å². The molecule has 6 heteroatoms. The number of carbonyl (C=O) groups excluding carboxylic acids is 1. The quantitative estimate of drug-likeness (QED) is 0.919. The number of anilines is 1. The highest BCUT2D eigenvalue weighted by Crippen LogP contribution is 2.13. The summed E-state index contributed by atoms with van der Waals surface area (Å²) < 4.78 is 17.9. The SMILES string of the molecule is COc1ncc(C(=O)Nc2cccc(F)c2)c(C)n1. The molecule has 0 spiro atoms. The van der Waals surface area contributed by atoms with Gasteiger partial charge in [0.25, 0.3) is 5.91 Å². The van der Waals surface area contributed by atoms with E-state index in [9.17, 15) is 9.18 Å². The van der Waals surface area contributed by atoms with Crippen molar-refractivity contribution in [3.63, 3.8) is 0 Å². The second kappa shape index (κ2) is 5.43. The third-order valence-corrected chi connectivity index (χ3v) is 2.47. The van der Waals surface area contributed by atoms with Crippen LogP contribution < -0.4 is 10.1 Å². The molecule has 2 aromatic rings. The maximum Gasteiger partial charge on any atom is 0.316 e. The van der Waals surface area contributed by atoms with Crippen LogP contribution in [-0.4, -0.2) is 23.0 Å². The fourth-order valence-electron chi connectivity index (χ4n) is 1.53. The van der Waals surface area contributed by atoms with E-state index in [0.29, 0.717) is 16.9 Å². The molecule has 1 aromatic heterocycles. The molecule has 0 saturated carbocycles. The number of aryl methyl sites for hydroxylation is 1. The number of halogens is 1. The van der Waals surface area contributed by atoms with Crippen LogP contribution in [0.3, 0.4) is 0 Å². The van der Waals surface area contributed by atoms with Crippen molar-refractivity contribution in [1.29, 1.82) is 0 Å². The van der Waals surface area contributed by atoms with Gasteiger partial charge in [-0.25, -0.2) is 9.37 Å². The van der Waals surface area contributed by atoms with E-state index in [4.69, 9.17) is 4.74 Å². The second-order valence-corrected chi connectivity index (χ2v) is 3.82. The number of aromatic nitrogens is 2. The molecule has 1 aromatic carbocycles. The van der Waals surface area contributed by atoms with E-state index in [2.05, 4.69) is 15.3 Å². The van der Waals surface area contributed by atoms with Crippen LogP contribution in [0, 0.1) is 12.7 Å². The second-order valence-electron chi connectivity index (χ2n) is 3.82. The monoisotopic (exact) mass is 261 g/mol. The van der Waals surface area contributed by atoms with E-state index in [0.717, 1.165) is 0 Å². The third kappa shape index (κ3) is 3.04. The number of hydrogen-bond donors (Lipinski definition) is 1. The lowest BCUT2D eigenvalue weighted by molar-refractivity contribution is 0.102. The predicted octanol–water partition coefficient (Wildman–Crippen LogP) is 2.19. The molecule has 5 nitrogen and oxygen atoms in total. The topological polar surface area (TPSA) is 64.1 Å². The molecule has 0 fully saturated rings. The van der Waals surface area contributed by atoms with Crippen LogP contribution in [-0.2, 0) is 0 Å². The minimum atomic E-state index is -0.416. The van der Waals surface area contributed by atoms with E-state index >= 15 is 0 Å². The number of rotatable bonds is 3. The lowest BCUT2D eigenvalue weighted by Gasteiger charge is -2.07. The van der Waals surface area contributed by atoms with Crippen LogP contribution in [0.5, 0.6) is 6.01 Å². The molecule has 0 aliphatic carbocycles. The Morgan fingerprint density at radius 2 is 2.21 bits per heavy atom. The van der Waals surface area contributed by atoms with E-state index in [1.165, 1.54) is 31.5 Å². The maximum atomic E-state index is 13.0. The fourth-order valence-corrected chi connectivity index (χ4v) is 1.53. The van der Waals surface area contributed by atoms with Gasteiger partial charge >= 0.3 is 6.01 Å². The van der Waals surface area contributed by atoms with E-state index in [1.807, 2.05) is 0 Å². The zero-order valence-electron chi connectivity index (χ0n) is 10.5. The van der Waals surface area contributed by atoms with Gasteiger partial charge in [-0.2, -0.15) is 4.98 Å². The van der Waals surface area contributed by atoms with Crippen LogP contribution >= 0.6 is 0 Å². The van der Waals surface area contributed by atoms with Crippen molar-refractivity contribution in [2.45, 2.75) is 6.92 Å². The summed E-state index contributed by atoms with van der Waals surface area (Å²) in [7, 11) is 1.45. The molecule has 0 aliphatic rings. The standard InChI is InChI=1S/C13H12FN3O2/c1-8-11(7-15-13(16-8)19-2)12(18)17-10-5-3-4-9(14)6-10/h3-7H,1-2H3,(H,17,18). The van der Waals surface area contributed by atoms with Crippen molar-refractivity contribution in [2.24, 2.45) is 0 Å². The van der Waals surface area contributed by atoms with Gasteiger partial charge in [-0.1, -0.05) is 6.07 Å². The van der Waals surface area contributed by atoms with Crippen LogP contribution in [0.4, 0.5) is 10.1 Å². The Bertz CT molecular complexity index is 617. The van der Waals surface area contributed by atoms with Crippen molar-refractivity contribution in [3.8, 4) is 6.01 Å². The molecule has 0 bridgehead atoms. The maximum absolute atomic E-state index is 13.0. The summed E-state index contributed by atoms with van der Waals surface area (Å²) in [5, 5.41) is 2.58. The molecule has 0 saturated heterocycles. The van der Waals surface area contributed by atoms with Gasteiger partial charge in [-0.3, -0.25) is 4.79 Å². The van der Waals surface area contributed by atoms with Gasteiger partial charge in [0, 0.05) is 11.9 Å². The Morgan fingerprint density at radius 3 is 2.84 bits per heavy atom. The van der Waals surface area contributed by atoms with Gasteiger partial charge in [-0.15, -0.1) is 0 Å². The Balaban J connectivity index is 2.20. The normalized spacial score (nSPS) is 10.1. The Hall–Kier alpha value is -2.50. The fraction of sp³-hybridized carbons (Fsp3) is 0.154. The third-order valence-electron chi connectivity index (χ3n) is 2.47. The molecule has 1 N–H and O–H groups in total. The van der Waals surface area contributed by atoms with Crippen molar-refractivity contribution < 1.29 is 13.9 Å². The lowest BCUT2D eigenvalue weighted by atomic mass is 10.2. The Morgan fingerprint density at radius 1 is 1.42 bits per heavy atom. The van der Waals surface area contributed by atoms with Crippen molar-refractivity contribution in [3.05, 3.63) is 47.5 Å².